The van der Waals surface area contributed by atoms with Gasteiger partial charge in [-0.05, 0) is 36.6 Å². The van der Waals surface area contributed by atoms with Crippen LogP contribution in [0.5, 0.6) is 0 Å². The second-order valence-corrected chi connectivity index (χ2v) is 8.56. The molecule has 2 aromatic heterocycles. The van der Waals surface area contributed by atoms with Crippen molar-refractivity contribution in [1.82, 2.24) is 25.2 Å². The molecule has 2 amide bonds. The number of likely N-dealkylation sites (tertiary alicyclic amines) is 1. The van der Waals surface area contributed by atoms with Gasteiger partial charge in [0.15, 0.2) is 0 Å². The number of aromatic nitrogens is 3. The molecule has 164 valence electrons. The Bertz CT molecular complexity index is 1230. The van der Waals surface area contributed by atoms with Crippen LogP contribution in [-0.4, -0.2) is 50.8 Å². The minimum Gasteiger partial charge on any atom is -0.361 e. The molecule has 7 nitrogen and oxygen atoms in total. The second-order valence-electron chi connectivity index (χ2n) is 8.56. The topological polar surface area (TPSA) is 93.9 Å². The highest BCUT2D eigenvalue weighted by Crippen LogP contribution is 2.28. The van der Waals surface area contributed by atoms with E-state index in [2.05, 4.69) is 15.3 Å². The minimum atomic E-state index is -0.575. The van der Waals surface area contributed by atoms with Crippen LogP contribution < -0.4 is 5.32 Å². The van der Waals surface area contributed by atoms with Crippen LogP contribution in [0.3, 0.4) is 0 Å². The quantitative estimate of drug-likeness (QED) is 0.453. The molecule has 1 fully saturated rings. The van der Waals surface area contributed by atoms with Crippen LogP contribution >= 0.6 is 0 Å². The van der Waals surface area contributed by atoms with Crippen LogP contribution in [0.15, 0.2) is 54.7 Å². The van der Waals surface area contributed by atoms with Gasteiger partial charge in [0.2, 0.25) is 11.8 Å². The highest BCUT2D eigenvalue weighted by atomic mass is 16.2. The number of carbonyl (C=O) groups excluding carboxylic acids is 2. The fourth-order valence-electron chi connectivity index (χ4n) is 4.73. The molecular weight excluding hydrogens is 402 g/mol. The average Bonchev–Trinajstić information content (AvgIpc) is 3.42. The number of H-pyrrole nitrogens is 2. The first-order chi connectivity index (χ1) is 15.6. The smallest absolute Gasteiger partial charge is 0.245 e. The van der Waals surface area contributed by atoms with Gasteiger partial charge in [-0.15, -0.1) is 0 Å². The zero-order valence-electron chi connectivity index (χ0n) is 18.1. The number of benzene rings is 2. The molecule has 0 unspecified atom stereocenters. The first kappa shape index (κ1) is 20.3. The number of aromatic amines is 2. The Labute approximate surface area is 186 Å². The fourth-order valence-corrected chi connectivity index (χ4v) is 4.73. The number of piperidine rings is 1. The van der Waals surface area contributed by atoms with Crippen LogP contribution in [-0.2, 0) is 16.0 Å². The molecule has 3 N–H and O–H groups in total. The number of para-hydroxylation sites is 3. The van der Waals surface area contributed by atoms with Crippen LogP contribution in [0.1, 0.15) is 37.1 Å². The summed E-state index contributed by atoms with van der Waals surface area (Å²) in [5.41, 5.74) is 4.09. The lowest BCUT2D eigenvalue weighted by molar-refractivity contribution is -0.137. The van der Waals surface area contributed by atoms with E-state index in [9.17, 15) is 9.59 Å². The van der Waals surface area contributed by atoms with E-state index in [0.29, 0.717) is 25.4 Å². The van der Waals surface area contributed by atoms with Crippen LogP contribution in [0.2, 0.25) is 0 Å². The molecule has 1 atom stereocenters. The summed E-state index contributed by atoms with van der Waals surface area (Å²) < 4.78 is 0. The van der Waals surface area contributed by atoms with Crippen molar-refractivity contribution in [3.63, 3.8) is 0 Å². The summed E-state index contributed by atoms with van der Waals surface area (Å²) in [5.74, 6) is 1.09. The number of fused-ring (bicyclic) bond motifs is 2. The van der Waals surface area contributed by atoms with Crippen molar-refractivity contribution in [3.05, 3.63) is 66.1 Å². The average molecular weight is 430 g/mol. The second kappa shape index (κ2) is 8.49. The van der Waals surface area contributed by atoms with Crippen molar-refractivity contribution in [2.24, 2.45) is 0 Å². The van der Waals surface area contributed by atoms with Gasteiger partial charge in [0.25, 0.3) is 0 Å². The normalized spacial score (nSPS) is 15.8. The molecule has 7 heteroatoms. The van der Waals surface area contributed by atoms with E-state index in [1.165, 1.54) is 6.92 Å². The Hall–Kier alpha value is -3.61. The molecule has 0 radical (unpaired) electrons. The predicted octanol–water partition coefficient (Wildman–Crippen LogP) is 3.50. The number of amides is 2. The van der Waals surface area contributed by atoms with Crippen LogP contribution in [0, 0.1) is 0 Å². The Morgan fingerprint density at radius 2 is 1.81 bits per heavy atom. The molecule has 32 heavy (non-hydrogen) atoms. The highest BCUT2D eigenvalue weighted by molar-refractivity contribution is 5.89. The number of nitrogens with one attached hydrogen (secondary N) is 3. The van der Waals surface area contributed by atoms with Gasteiger partial charge < -0.3 is 20.2 Å². The van der Waals surface area contributed by atoms with E-state index in [-0.39, 0.29) is 11.8 Å². The summed E-state index contributed by atoms with van der Waals surface area (Å²) in [5, 5.41) is 3.96. The van der Waals surface area contributed by atoms with Crippen molar-refractivity contribution in [2.75, 3.05) is 13.1 Å². The molecule has 0 spiro atoms. The number of rotatable bonds is 5. The molecule has 1 saturated heterocycles. The molecule has 0 saturated carbocycles. The van der Waals surface area contributed by atoms with Gasteiger partial charge in [-0.3, -0.25) is 9.59 Å². The third-order valence-corrected chi connectivity index (χ3v) is 6.38. The molecule has 0 bridgehead atoms. The maximum atomic E-state index is 13.4. The molecule has 3 heterocycles. The van der Waals surface area contributed by atoms with Gasteiger partial charge in [-0.2, -0.15) is 0 Å². The first-order valence-electron chi connectivity index (χ1n) is 11.1. The minimum absolute atomic E-state index is 0.0199. The largest absolute Gasteiger partial charge is 0.361 e. The number of hydrogen-bond acceptors (Lipinski definition) is 3. The molecule has 4 aromatic rings. The van der Waals surface area contributed by atoms with E-state index < -0.39 is 6.04 Å². The molecule has 1 aliphatic rings. The van der Waals surface area contributed by atoms with Gasteiger partial charge in [0, 0.05) is 49.5 Å². The lowest BCUT2D eigenvalue weighted by atomic mass is 9.95. The summed E-state index contributed by atoms with van der Waals surface area (Å²) in [6.45, 7) is 2.78. The number of carbonyl (C=O) groups is 2. The highest BCUT2D eigenvalue weighted by Gasteiger charge is 2.31. The van der Waals surface area contributed by atoms with Crippen molar-refractivity contribution < 1.29 is 9.59 Å². The van der Waals surface area contributed by atoms with Crippen LogP contribution in [0.4, 0.5) is 0 Å². The van der Waals surface area contributed by atoms with E-state index in [4.69, 9.17) is 4.98 Å². The molecule has 2 aromatic carbocycles. The van der Waals surface area contributed by atoms with Crippen molar-refractivity contribution in [3.8, 4) is 0 Å². The summed E-state index contributed by atoms with van der Waals surface area (Å²) in [4.78, 5) is 38.5. The van der Waals surface area contributed by atoms with Gasteiger partial charge >= 0.3 is 0 Å². The zero-order valence-corrected chi connectivity index (χ0v) is 18.1. The van der Waals surface area contributed by atoms with Crippen molar-refractivity contribution >= 4 is 33.8 Å². The van der Waals surface area contributed by atoms with E-state index in [1.54, 1.807) is 0 Å². The predicted molar refractivity (Wildman–Crippen MR) is 124 cm³/mol. The lowest BCUT2D eigenvalue weighted by Crippen LogP contribution is -2.51. The molecule has 5 rings (SSSR count). The summed E-state index contributed by atoms with van der Waals surface area (Å²) >= 11 is 0. The van der Waals surface area contributed by atoms with E-state index >= 15 is 0 Å². The van der Waals surface area contributed by atoms with Crippen molar-refractivity contribution in [1.29, 1.82) is 0 Å². The Balaban J connectivity index is 1.28. The van der Waals surface area contributed by atoms with E-state index in [0.717, 1.165) is 46.2 Å². The SMILES string of the molecule is CC(=O)N[C@H](Cc1c[nH]c2ccccc12)C(=O)N1CCC(c2nc3ccccc3[nH]2)CC1. The summed E-state index contributed by atoms with van der Waals surface area (Å²) in [6, 6.07) is 15.5. The van der Waals surface area contributed by atoms with E-state index in [1.807, 2.05) is 59.6 Å². The summed E-state index contributed by atoms with van der Waals surface area (Å²) in [7, 11) is 0. The Morgan fingerprint density at radius 3 is 2.56 bits per heavy atom. The number of hydrogen-bond donors (Lipinski definition) is 3. The number of nitrogens with zero attached hydrogens (tertiary/aromatic N) is 2. The maximum absolute atomic E-state index is 13.4. The Kier molecular flexibility index (Phi) is 5.39. The van der Waals surface area contributed by atoms with Gasteiger partial charge in [0.05, 0.1) is 11.0 Å². The first-order valence-corrected chi connectivity index (χ1v) is 11.1. The Morgan fingerprint density at radius 1 is 1.09 bits per heavy atom. The fraction of sp³-hybridized carbons (Fsp3) is 0.320. The standard InChI is InChI=1S/C25H27N5O2/c1-16(31)27-23(14-18-15-26-20-7-3-2-6-19(18)20)25(32)30-12-10-17(11-13-30)24-28-21-8-4-5-9-22(21)29-24/h2-9,15,17,23,26H,10-14H2,1H3,(H,27,31)(H,28,29)/t23-/m1/s1. The van der Waals surface area contributed by atoms with Gasteiger partial charge in [0.1, 0.15) is 11.9 Å². The number of imidazole rings is 1. The third-order valence-electron chi connectivity index (χ3n) is 6.38. The van der Waals surface area contributed by atoms with Gasteiger partial charge in [-0.25, -0.2) is 4.98 Å². The monoisotopic (exact) mass is 429 g/mol. The van der Waals surface area contributed by atoms with Crippen molar-refractivity contribution in [2.45, 2.75) is 38.1 Å². The molecule has 0 aliphatic carbocycles. The van der Waals surface area contributed by atoms with Crippen LogP contribution in [0.25, 0.3) is 21.9 Å². The third kappa shape index (κ3) is 3.98. The van der Waals surface area contributed by atoms with Gasteiger partial charge in [-0.1, -0.05) is 30.3 Å². The molecule has 1 aliphatic heterocycles. The summed E-state index contributed by atoms with van der Waals surface area (Å²) in [6.07, 6.45) is 4.10. The molecular formula is C25H27N5O2. The maximum Gasteiger partial charge on any atom is 0.245 e. The zero-order chi connectivity index (χ0) is 22.1. The lowest BCUT2D eigenvalue weighted by Gasteiger charge is -2.33.